The summed E-state index contributed by atoms with van der Waals surface area (Å²) in [6.45, 7) is -0.0299. The molecular weight excluding hydrogens is 476 g/mol. The van der Waals surface area contributed by atoms with Crippen molar-refractivity contribution in [3.8, 4) is 0 Å². The van der Waals surface area contributed by atoms with E-state index in [2.05, 4.69) is 20.4 Å². The summed E-state index contributed by atoms with van der Waals surface area (Å²) in [4.78, 5) is 47.2. The van der Waals surface area contributed by atoms with E-state index in [0.717, 1.165) is 18.2 Å². The first-order valence-electron chi connectivity index (χ1n) is 11.8. The van der Waals surface area contributed by atoms with Crippen LogP contribution in [0.1, 0.15) is 40.8 Å². The van der Waals surface area contributed by atoms with Crippen molar-refractivity contribution in [1.82, 2.24) is 24.3 Å². The molecule has 1 saturated carbocycles. The number of methoxy groups -OCH3 is 1. The van der Waals surface area contributed by atoms with Crippen LogP contribution in [-0.4, -0.2) is 43.2 Å². The van der Waals surface area contributed by atoms with Crippen LogP contribution >= 0.6 is 0 Å². The molecule has 0 saturated heterocycles. The lowest BCUT2D eigenvalue weighted by atomic mass is 10.2. The summed E-state index contributed by atoms with van der Waals surface area (Å²) in [5.41, 5.74) is 2.10. The molecule has 11 heteroatoms. The third-order valence-corrected chi connectivity index (χ3v) is 6.36. The predicted molar refractivity (Wildman–Crippen MR) is 133 cm³/mol. The number of esters is 1. The fraction of sp³-hybridized carbons (Fsp3) is 0.231. The zero-order valence-electron chi connectivity index (χ0n) is 19.9. The highest BCUT2D eigenvalue weighted by Crippen LogP contribution is 2.38. The van der Waals surface area contributed by atoms with E-state index in [0.29, 0.717) is 45.4 Å². The highest BCUT2D eigenvalue weighted by Gasteiger charge is 2.29. The highest BCUT2D eigenvalue weighted by molar-refractivity contribution is 6.06. The molecule has 2 aromatic carbocycles. The molecule has 37 heavy (non-hydrogen) atoms. The first-order chi connectivity index (χ1) is 18.0. The van der Waals surface area contributed by atoms with E-state index in [1.807, 2.05) is 24.3 Å². The molecule has 0 atom stereocenters. The minimum absolute atomic E-state index is 0.0851. The van der Waals surface area contributed by atoms with Crippen LogP contribution in [-0.2, 0) is 22.6 Å². The Morgan fingerprint density at radius 3 is 2.68 bits per heavy atom. The topological polar surface area (TPSA) is 134 Å². The molecule has 0 unspecified atom stereocenters. The first-order valence-corrected chi connectivity index (χ1v) is 11.8. The van der Waals surface area contributed by atoms with Gasteiger partial charge in [-0.3, -0.25) is 14.2 Å². The molecule has 6 rings (SSSR count). The number of carbonyl (C=O) groups is 2. The van der Waals surface area contributed by atoms with E-state index < -0.39 is 5.97 Å². The maximum absolute atomic E-state index is 13.6. The number of hydrogen-bond acceptors (Lipinski definition) is 8. The van der Waals surface area contributed by atoms with Crippen molar-refractivity contribution in [3.63, 3.8) is 0 Å². The molecule has 186 valence electrons. The summed E-state index contributed by atoms with van der Waals surface area (Å²) in [7, 11) is 1.31. The van der Waals surface area contributed by atoms with Crippen LogP contribution in [0.5, 0.6) is 0 Å². The Morgan fingerprint density at radius 1 is 1.14 bits per heavy atom. The van der Waals surface area contributed by atoms with Crippen LogP contribution in [0.4, 0.5) is 5.69 Å². The van der Waals surface area contributed by atoms with Gasteiger partial charge in [-0.25, -0.2) is 9.78 Å². The number of benzene rings is 2. The van der Waals surface area contributed by atoms with Crippen LogP contribution < -0.4 is 10.9 Å². The Hall–Kier alpha value is -4.80. The van der Waals surface area contributed by atoms with E-state index in [9.17, 15) is 14.4 Å². The van der Waals surface area contributed by atoms with Crippen molar-refractivity contribution >= 4 is 39.5 Å². The molecule has 0 spiro atoms. The van der Waals surface area contributed by atoms with Gasteiger partial charge in [0.05, 0.1) is 24.5 Å². The summed E-state index contributed by atoms with van der Waals surface area (Å²) in [6.07, 6.45) is 3.55. The van der Waals surface area contributed by atoms with Gasteiger partial charge in [0.1, 0.15) is 24.1 Å². The Morgan fingerprint density at radius 2 is 1.92 bits per heavy atom. The van der Waals surface area contributed by atoms with Gasteiger partial charge in [-0.2, -0.15) is 4.98 Å². The van der Waals surface area contributed by atoms with Crippen LogP contribution in [0, 0.1) is 0 Å². The molecule has 0 radical (unpaired) electrons. The Balaban J connectivity index is 1.32. The van der Waals surface area contributed by atoms with Crippen LogP contribution in [0.15, 0.2) is 64.2 Å². The normalized spacial score (nSPS) is 13.2. The van der Waals surface area contributed by atoms with Crippen LogP contribution in [0.3, 0.4) is 0 Å². The number of fused-ring (bicyclic) bond motifs is 3. The van der Waals surface area contributed by atoms with Gasteiger partial charge in [0.2, 0.25) is 11.8 Å². The van der Waals surface area contributed by atoms with E-state index in [4.69, 9.17) is 9.26 Å². The second kappa shape index (κ2) is 9.01. The molecule has 5 aromatic rings. The number of rotatable bonds is 7. The number of aromatic nitrogens is 5. The minimum Gasteiger partial charge on any atom is -0.465 e. The van der Waals surface area contributed by atoms with Gasteiger partial charge in [0.15, 0.2) is 5.82 Å². The molecule has 0 bridgehead atoms. The number of anilines is 1. The summed E-state index contributed by atoms with van der Waals surface area (Å²) in [5, 5.41) is 7.59. The third-order valence-electron chi connectivity index (χ3n) is 6.36. The fourth-order valence-corrected chi connectivity index (χ4v) is 4.36. The van der Waals surface area contributed by atoms with Crippen LogP contribution in [0.25, 0.3) is 21.9 Å². The summed E-state index contributed by atoms with van der Waals surface area (Å²) >= 11 is 0. The maximum Gasteiger partial charge on any atom is 0.337 e. The number of carbonyl (C=O) groups excluding carboxylic acids is 2. The molecule has 1 fully saturated rings. The maximum atomic E-state index is 13.6. The van der Waals surface area contributed by atoms with Gasteiger partial charge in [0, 0.05) is 17.0 Å². The average Bonchev–Trinajstić information content (AvgIpc) is 3.58. The second-order valence-corrected chi connectivity index (χ2v) is 8.92. The predicted octanol–water partition coefficient (Wildman–Crippen LogP) is 3.09. The van der Waals surface area contributed by atoms with Gasteiger partial charge in [-0.1, -0.05) is 23.4 Å². The Kier molecular flexibility index (Phi) is 5.52. The Bertz CT molecular complexity index is 1710. The smallest absolute Gasteiger partial charge is 0.337 e. The Labute approximate surface area is 209 Å². The molecule has 11 nitrogen and oxygen atoms in total. The molecule has 1 N–H and O–H groups in total. The van der Waals surface area contributed by atoms with Crippen molar-refractivity contribution in [2.24, 2.45) is 0 Å². The summed E-state index contributed by atoms with van der Waals surface area (Å²) in [5.74, 6) is 0.543. The lowest BCUT2D eigenvalue weighted by Crippen LogP contribution is -2.25. The molecule has 1 amide bonds. The molecule has 1 aliphatic rings. The van der Waals surface area contributed by atoms with Gasteiger partial charge in [-0.05, 0) is 43.2 Å². The number of hydrogen-bond donors (Lipinski definition) is 1. The van der Waals surface area contributed by atoms with Crippen molar-refractivity contribution in [1.29, 1.82) is 0 Å². The standard InChI is InChI=1S/C26H22N6O5/c1-36-26(35)16-8-10-17(11-9-16)28-20(33)12-32-19-5-3-2-4-18(19)22-23(32)25(34)31(14-27-22)13-21-29-24(30-37-21)15-6-7-15/h2-5,8-11,14-15H,6-7,12-13H2,1H3,(H,28,33). The van der Waals surface area contributed by atoms with Gasteiger partial charge in [-0.15, -0.1) is 0 Å². The molecule has 0 aliphatic heterocycles. The number of amides is 1. The number of ether oxygens (including phenoxy) is 1. The zero-order chi connectivity index (χ0) is 25.5. The molecule has 3 heterocycles. The van der Waals surface area contributed by atoms with Gasteiger partial charge in [0.25, 0.3) is 5.56 Å². The fourth-order valence-electron chi connectivity index (χ4n) is 4.36. The largest absolute Gasteiger partial charge is 0.465 e. The third kappa shape index (κ3) is 4.24. The van der Waals surface area contributed by atoms with E-state index in [1.54, 1.807) is 28.8 Å². The summed E-state index contributed by atoms with van der Waals surface area (Å²) < 4.78 is 13.1. The van der Waals surface area contributed by atoms with E-state index >= 15 is 0 Å². The lowest BCUT2D eigenvalue weighted by molar-refractivity contribution is -0.116. The van der Waals surface area contributed by atoms with Crippen molar-refractivity contribution < 1.29 is 18.8 Å². The number of nitrogens with one attached hydrogen (secondary N) is 1. The van der Waals surface area contributed by atoms with E-state index in [-0.39, 0.29) is 24.6 Å². The van der Waals surface area contributed by atoms with Gasteiger partial charge < -0.3 is 19.1 Å². The van der Waals surface area contributed by atoms with E-state index in [1.165, 1.54) is 18.0 Å². The lowest BCUT2D eigenvalue weighted by Gasteiger charge is -2.10. The first kappa shape index (κ1) is 22.7. The van der Waals surface area contributed by atoms with Gasteiger partial charge >= 0.3 is 5.97 Å². The molecule has 1 aliphatic carbocycles. The minimum atomic E-state index is -0.462. The van der Waals surface area contributed by atoms with Crippen molar-refractivity contribution in [2.45, 2.75) is 31.8 Å². The quantitative estimate of drug-likeness (QED) is 0.338. The van der Waals surface area contributed by atoms with Crippen molar-refractivity contribution in [2.75, 3.05) is 12.4 Å². The molecule has 3 aromatic heterocycles. The second-order valence-electron chi connectivity index (χ2n) is 8.92. The number of nitrogens with zero attached hydrogens (tertiary/aromatic N) is 5. The van der Waals surface area contributed by atoms with Crippen molar-refractivity contribution in [3.05, 3.63) is 82.5 Å². The SMILES string of the molecule is COC(=O)c1ccc(NC(=O)Cn2c3ccccc3c3ncn(Cc4nc(C5CC5)no4)c(=O)c32)cc1. The monoisotopic (exact) mass is 498 g/mol. The summed E-state index contributed by atoms with van der Waals surface area (Å²) in [6, 6.07) is 13.8. The zero-order valence-corrected chi connectivity index (χ0v) is 19.9. The molecular formula is C26H22N6O5. The average molecular weight is 498 g/mol. The number of para-hydroxylation sites is 1. The van der Waals surface area contributed by atoms with Crippen LogP contribution in [0.2, 0.25) is 0 Å². The highest BCUT2D eigenvalue weighted by atomic mass is 16.5.